The van der Waals surface area contributed by atoms with Crippen molar-refractivity contribution in [3.63, 3.8) is 0 Å². The van der Waals surface area contributed by atoms with E-state index in [-0.39, 0.29) is 71.3 Å². The van der Waals surface area contributed by atoms with Gasteiger partial charge in [0.25, 0.3) is 25.4 Å². The first-order chi connectivity index (χ1) is 43.9. The van der Waals surface area contributed by atoms with Crippen LogP contribution in [0.25, 0.3) is 0 Å². The maximum absolute atomic E-state index is 13.6. The number of hydrogen-bond donors (Lipinski definition) is 1. The molecule has 0 aliphatic heterocycles. The monoisotopic (exact) mass is 1740 g/mol. The van der Waals surface area contributed by atoms with Crippen molar-refractivity contribution in [2.75, 3.05) is 49.4 Å². The van der Waals surface area contributed by atoms with Gasteiger partial charge in [0.15, 0.2) is 0 Å². The fourth-order valence-electron chi connectivity index (χ4n) is 3.97. The third-order valence-corrected chi connectivity index (χ3v) is 13.1. The van der Waals surface area contributed by atoms with Gasteiger partial charge in [-0.3, -0.25) is 18.9 Å². The van der Waals surface area contributed by atoms with Gasteiger partial charge in [-0.25, -0.2) is 49.4 Å². The molecule has 0 fully saturated rings. The van der Waals surface area contributed by atoms with Gasteiger partial charge in [0, 0.05) is 41.2 Å². The van der Waals surface area contributed by atoms with Gasteiger partial charge in [-0.05, 0) is 0 Å². The number of carbonyl (C=O) groups excluding carboxylic acids is 4. The zero-order chi connectivity index (χ0) is 80.5. The van der Waals surface area contributed by atoms with E-state index in [1.807, 2.05) is 0 Å². The molecule has 0 radical (unpaired) electrons. The molecule has 0 bridgehead atoms. The second kappa shape index (κ2) is 40.5. The maximum Gasteiger partial charge on any atom is 1.00 e. The molecule has 66 heteroatoms. The molecule has 0 amide bonds. The first kappa shape index (κ1) is 108. The summed E-state index contributed by atoms with van der Waals surface area (Å²) in [5.74, 6) is -42.0. The van der Waals surface area contributed by atoms with Crippen LogP contribution in [0.15, 0.2) is 23.1 Å². The molecule has 0 aromatic heterocycles. The van der Waals surface area contributed by atoms with E-state index in [9.17, 15) is 208 Å². The normalized spacial score (nSPS) is 15.8. The molecule has 0 aromatic rings. The molecule has 5 unspecified atom stereocenters. The minimum atomic E-state index is -7.18. The molecule has 0 rings (SSSR count). The summed E-state index contributed by atoms with van der Waals surface area (Å²) in [6, 6.07) is 0. The SMILES string of the molecule is O=C(/C=C(\C(=O)OCCSC(F)(F)C(F)OC(F)(F)C(F)(F)C(F)(F)F)S(=O)(=O)[O-])OCCSC(F)(F)C(F)OC(F)(F)C(F)(F)C(F)(F)F.O=C(/C=C\C(=O)OCCSC(F)(F)C(F)OC(F)(F)C(F)(F)C(F)(F)F)OCCSC(F)(F)C(F)OC(F)(F)C(F)(F)C(F)(F)F.O=S([O-])O.[Na+].[Na+]. The summed E-state index contributed by atoms with van der Waals surface area (Å²) in [5.41, 5.74) is 0. The second-order valence-electron chi connectivity index (χ2n) is 15.9. The van der Waals surface area contributed by atoms with Crippen molar-refractivity contribution in [3.05, 3.63) is 23.1 Å². The van der Waals surface area contributed by atoms with Gasteiger partial charge >= 0.3 is 177 Å². The molecule has 102 heavy (non-hydrogen) atoms. The standard InChI is InChI=1S/C18H12F20O9S3.C18H12F20O6S2.2Na.H2O3S/c19-9(46-17(35,36)13(25,26)15(29,30)31)11(21,22)48-3-1-44-7(39)5-6(50(41,42)43)8(40)45-2-4-49-12(23,24)10(20)47-18(37,38)14(27,28)16(32,33)34;19-9(43-17(35,36)13(25,26)15(29,30)31)11(21,22)45-5-3-41-7(39)1-2-8(40)42-4-6-46-12(23,24)10(20)44-18(37,38)14(27,28)16(32,33)34;;;1-4(2)3/h5,9-10H,1-4H2,(H,41,42,43);1-2,9-10H,3-6H2;;;(H2,1,2,3)/q;;2*+1;/p-2/b6-5+;2-1-;;;. The fourth-order valence-corrected chi connectivity index (χ4v) is 6.95. The van der Waals surface area contributed by atoms with Crippen molar-refractivity contribution >= 4 is 92.4 Å². The third kappa shape index (κ3) is 33.7. The number of halogens is 40. The van der Waals surface area contributed by atoms with Gasteiger partial charge < -0.3 is 32.6 Å². The molecule has 0 spiro atoms. The van der Waals surface area contributed by atoms with Crippen LogP contribution >= 0.6 is 47.0 Å². The van der Waals surface area contributed by atoms with Crippen LogP contribution < -0.4 is 59.1 Å². The Morgan fingerprint density at radius 2 is 0.559 bits per heavy atom. The first-order valence-electron chi connectivity index (χ1n) is 22.3. The average Bonchev–Trinajstić information content (AvgIpc) is 0.790. The minimum absolute atomic E-state index is 0. The fraction of sp³-hybridized carbons (Fsp3) is 0.778. The summed E-state index contributed by atoms with van der Waals surface area (Å²) in [7, 11) is -6.14. The van der Waals surface area contributed by atoms with E-state index >= 15 is 0 Å². The van der Waals surface area contributed by atoms with Gasteiger partial charge in [-0.2, -0.15) is 158 Å². The van der Waals surface area contributed by atoms with Crippen molar-refractivity contribution in [1.82, 2.24) is 0 Å². The van der Waals surface area contributed by atoms with Crippen LogP contribution in [0.5, 0.6) is 0 Å². The summed E-state index contributed by atoms with van der Waals surface area (Å²) >= 11 is -7.56. The van der Waals surface area contributed by atoms with Crippen molar-refractivity contribution < 1.29 is 318 Å². The van der Waals surface area contributed by atoms with E-state index in [0.29, 0.717) is 0 Å². The summed E-state index contributed by atoms with van der Waals surface area (Å²) < 4.78 is 592. The van der Waals surface area contributed by atoms with E-state index in [0.717, 1.165) is 0 Å². The predicted molar refractivity (Wildman–Crippen MR) is 240 cm³/mol. The largest absolute Gasteiger partial charge is 1.00 e. The zero-order valence-electron chi connectivity index (χ0n) is 47.2. The molecular weight excluding hydrogens is 1720 g/mol. The molecule has 0 aliphatic rings. The average molecular weight is 1740 g/mol. The third-order valence-electron chi connectivity index (χ3n) is 8.50. The Hall–Kier alpha value is -2.22. The van der Waals surface area contributed by atoms with Crippen LogP contribution in [-0.4, -0.2) is 219 Å². The number of ether oxygens (including phenoxy) is 8. The molecular formula is C36H24F40Na2O18S6. The molecule has 18 nitrogen and oxygen atoms in total. The molecule has 0 saturated carbocycles. The second-order valence-corrected chi connectivity index (χ2v) is 22.6. The van der Waals surface area contributed by atoms with Gasteiger partial charge in [0.1, 0.15) is 41.5 Å². The van der Waals surface area contributed by atoms with Crippen LogP contribution in [0.3, 0.4) is 0 Å². The van der Waals surface area contributed by atoms with Gasteiger partial charge in [0.2, 0.25) is 0 Å². The molecule has 0 saturated heterocycles. The summed E-state index contributed by atoms with van der Waals surface area (Å²) in [6.45, 7) is -5.53. The van der Waals surface area contributed by atoms with E-state index in [1.54, 1.807) is 0 Å². The van der Waals surface area contributed by atoms with Crippen LogP contribution in [0, 0.1) is 0 Å². The molecule has 0 aliphatic carbocycles. The topological polar surface area (TPSA) is 260 Å². The summed E-state index contributed by atoms with van der Waals surface area (Å²) in [4.78, 5) is 43.7. The molecule has 5 atom stereocenters. The van der Waals surface area contributed by atoms with E-state index in [4.69, 9.17) is 13.3 Å². The van der Waals surface area contributed by atoms with Gasteiger partial charge in [-0.1, -0.05) is 47.0 Å². The summed E-state index contributed by atoms with van der Waals surface area (Å²) in [6.07, 6.45) is -75.3. The molecule has 0 aromatic carbocycles. The van der Waals surface area contributed by atoms with Crippen molar-refractivity contribution in [2.24, 2.45) is 0 Å². The van der Waals surface area contributed by atoms with E-state index < -0.39 is 272 Å². The number of carbonyl (C=O) groups is 4. The Labute approximate surface area is 599 Å². The van der Waals surface area contributed by atoms with Gasteiger partial charge in [0.05, 0.1) is 11.4 Å². The molecule has 1 N–H and O–H groups in total. The van der Waals surface area contributed by atoms with Crippen LogP contribution in [-0.2, 0) is 78.6 Å². The van der Waals surface area contributed by atoms with E-state index in [2.05, 4.69) is 37.9 Å². The number of rotatable bonds is 37. The number of hydrogen-bond acceptors (Lipinski definition) is 21. The Morgan fingerprint density at radius 1 is 0.382 bits per heavy atom. The van der Waals surface area contributed by atoms with Crippen LogP contribution in [0.2, 0.25) is 0 Å². The molecule has 0 heterocycles. The van der Waals surface area contributed by atoms with E-state index in [1.165, 1.54) is 0 Å². The Kier molecular flexibility index (Phi) is 43.0. The molecule has 594 valence electrons. The van der Waals surface area contributed by atoms with Gasteiger partial charge in [-0.15, -0.1) is 0 Å². The van der Waals surface area contributed by atoms with Crippen molar-refractivity contribution in [2.45, 2.75) is 119 Å². The maximum atomic E-state index is 13.6. The van der Waals surface area contributed by atoms with Crippen molar-refractivity contribution in [3.8, 4) is 0 Å². The van der Waals surface area contributed by atoms with Crippen molar-refractivity contribution in [1.29, 1.82) is 0 Å². The number of thioether (sulfide) groups is 4. The van der Waals surface area contributed by atoms with Crippen LogP contribution in [0.1, 0.15) is 0 Å². The zero-order valence-corrected chi connectivity index (χ0v) is 56.1. The number of alkyl halides is 40. The van der Waals surface area contributed by atoms with Crippen LogP contribution in [0.4, 0.5) is 176 Å². The first-order valence-corrected chi connectivity index (χ1v) is 28.7. The Morgan fingerprint density at radius 3 is 0.735 bits per heavy atom. The summed E-state index contributed by atoms with van der Waals surface area (Å²) in [5, 5.41) is -21.3. The Balaban J connectivity index is -0.000000574. The smallest absolute Gasteiger partial charge is 0.750 e. The minimum Gasteiger partial charge on any atom is -0.750 e. The Bertz CT molecular complexity index is 2770. The predicted octanol–water partition coefficient (Wildman–Crippen LogP) is 7.19. The quantitative estimate of drug-likeness (QED) is 0.00943. The number of esters is 4.